The molecule has 1 atom stereocenters. The van der Waals surface area contributed by atoms with Crippen LogP contribution in [0.4, 0.5) is 14.5 Å². The van der Waals surface area contributed by atoms with E-state index in [1.54, 1.807) is 0 Å². The minimum atomic E-state index is -1.20. The smallest absolute Gasteiger partial charge is 0.305 e. The van der Waals surface area contributed by atoms with Gasteiger partial charge in [-0.1, -0.05) is 13.8 Å². The summed E-state index contributed by atoms with van der Waals surface area (Å²) in [6, 6.07) is 1.14. The molecule has 0 fully saturated rings. The van der Waals surface area contributed by atoms with Gasteiger partial charge in [-0.2, -0.15) is 4.39 Å². The van der Waals surface area contributed by atoms with E-state index in [0.29, 0.717) is 18.4 Å². The number of halogens is 2. The lowest BCUT2D eigenvalue weighted by Crippen LogP contribution is -2.33. The molecule has 2 N–H and O–H groups in total. The fourth-order valence-electron chi connectivity index (χ4n) is 1.90. The monoisotopic (exact) mass is 288 g/mol. The number of nitrogens with one attached hydrogen (secondary N) is 1. The lowest BCUT2D eigenvalue weighted by atomic mass is 10.0. The zero-order chi connectivity index (χ0) is 15.3. The quantitative estimate of drug-likeness (QED) is 0.596. The average Bonchev–Trinajstić information content (AvgIpc) is 2.35. The Morgan fingerprint density at radius 3 is 2.50 bits per heavy atom. The van der Waals surface area contributed by atoms with E-state index in [1.165, 1.54) is 0 Å². The first-order valence-corrected chi connectivity index (χ1v) is 6.31. The predicted molar refractivity (Wildman–Crippen MR) is 70.2 cm³/mol. The van der Waals surface area contributed by atoms with Crippen LogP contribution in [0.3, 0.4) is 0 Å². The number of nitro benzene ring substituents is 1. The maximum Gasteiger partial charge on any atom is 0.305 e. The summed E-state index contributed by atoms with van der Waals surface area (Å²) in [4.78, 5) is 9.71. The highest BCUT2D eigenvalue weighted by Crippen LogP contribution is 2.21. The van der Waals surface area contributed by atoms with Crippen molar-refractivity contribution < 1.29 is 18.8 Å². The molecule has 0 aliphatic heterocycles. The van der Waals surface area contributed by atoms with E-state index in [1.807, 2.05) is 13.8 Å². The Bertz CT molecular complexity index is 481. The summed E-state index contributed by atoms with van der Waals surface area (Å²) in [5.41, 5.74) is -0.757. The Morgan fingerprint density at radius 1 is 1.35 bits per heavy atom. The van der Waals surface area contributed by atoms with Crippen molar-refractivity contribution in [3.8, 4) is 0 Å². The predicted octanol–water partition coefficient (Wildman–Crippen LogP) is 2.37. The summed E-state index contributed by atoms with van der Waals surface area (Å²) < 4.78 is 26.7. The van der Waals surface area contributed by atoms with Crippen LogP contribution in [-0.4, -0.2) is 22.7 Å². The van der Waals surface area contributed by atoms with E-state index in [-0.39, 0.29) is 24.8 Å². The Labute approximate surface area is 115 Å². The van der Waals surface area contributed by atoms with E-state index >= 15 is 0 Å². The van der Waals surface area contributed by atoms with Gasteiger partial charge in [0.05, 0.1) is 11.5 Å². The maximum absolute atomic E-state index is 13.5. The van der Waals surface area contributed by atoms with Crippen LogP contribution < -0.4 is 5.32 Å². The number of hydrogen-bond acceptors (Lipinski definition) is 4. The minimum absolute atomic E-state index is 0.000283. The molecule has 7 heteroatoms. The number of hydrogen-bond donors (Lipinski definition) is 2. The Hall–Kier alpha value is -1.60. The highest BCUT2D eigenvalue weighted by Gasteiger charge is 2.19. The second kappa shape index (κ2) is 7.25. The summed E-state index contributed by atoms with van der Waals surface area (Å²) in [6.07, 6.45) is 0.682. The molecule has 0 spiro atoms. The standard InChI is InChI=1S/C13H18F2N2O3/c1-8(2)3-10(7-18)16-6-9-4-13(17(19)20)12(15)5-11(9)14/h4-5,8,10,16,18H,3,6-7H2,1-2H3. The number of nitrogens with zero attached hydrogens (tertiary/aromatic N) is 1. The van der Waals surface area contributed by atoms with Gasteiger partial charge < -0.3 is 10.4 Å². The molecule has 0 heterocycles. The van der Waals surface area contributed by atoms with Crippen LogP contribution in [0.2, 0.25) is 0 Å². The molecule has 0 amide bonds. The van der Waals surface area contributed by atoms with Gasteiger partial charge in [0.2, 0.25) is 5.82 Å². The van der Waals surface area contributed by atoms with Gasteiger partial charge in [0.15, 0.2) is 0 Å². The minimum Gasteiger partial charge on any atom is -0.395 e. The van der Waals surface area contributed by atoms with Crippen molar-refractivity contribution in [2.24, 2.45) is 5.92 Å². The van der Waals surface area contributed by atoms with E-state index in [0.717, 1.165) is 6.07 Å². The van der Waals surface area contributed by atoms with Crippen LogP contribution in [0.15, 0.2) is 12.1 Å². The SMILES string of the molecule is CC(C)CC(CO)NCc1cc([N+](=O)[O-])c(F)cc1F. The van der Waals surface area contributed by atoms with E-state index in [2.05, 4.69) is 5.32 Å². The van der Waals surface area contributed by atoms with Crippen LogP contribution in [0.25, 0.3) is 0 Å². The van der Waals surface area contributed by atoms with Crippen molar-refractivity contribution in [1.82, 2.24) is 5.32 Å². The van der Waals surface area contributed by atoms with Crippen molar-refractivity contribution in [3.63, 3.8) is 0 Å². The first-order chi connectivity index (χ1) is 9.35. The molecule has 20 heavy (non-hydrogen) atoms. The largest absolute Gasteiger partial charge is 0.395 e. The molecule has 112 valence electrons. The maximum atomic E-state index is 13.5. The third-order valence-electron chi connectivity index (χ3n) is 2.87. The van der Waals surface area contributed by atoms with Crippen molar-refractivity contribution in [3.05, 3.63) is 39.4 Å². The molecule has 5 nitrogen and oxygen atoms in total. The molecule has 0 aromatic heterocycles. The van der Waals surface area contributed by atoms with Crippen LogP contribution in [-0.2, 0) is 6.54 Å². The number of aliphatic hydroxyl groups excluding tert-OH is 1. The Morgan fingerprint density at radius 2 is 2.00 bits per heavy atom. The van der Waals surface area contributed by atoms with Gasteiger partial charge in [-0.25, -0.2) is 4.39 Å². The molecule has 1 aromatic carbocycles. The van der Waals surface area contributed by atoms with Gasteiger partial charge in [-0.3, -0.25) is 10.1 Å². The topological polar surface area (TPSA) is 75.4 Å². The summed E-state index contributed by atoms with van der Waals surface area (Å²) in [5, 5.41) is 22.7. The third kappa shape index (κ3) is 4.50. The molecular formula is C13H18F2N2O3. The van der Waals surface area contributed by atoms with Gasteiger partial charge in [0.25, 0.3) is 0 Å². The van der Waals surface area contributed by atoms with Gasteiger partial charge in [0, 0.05) is 30.3 Å². The van der Waals surface area contributed by atoms with E-state index in [9.17, 15) is 24.0 Å². The molecular weight excluding hydrogens is 270 g/mol. The first-order valence-electron chi connectivity index (χ1n) is 6.31. The fourth-order valence-corrected chi connectivity index (χ4v) is 1.90. The second-order valence-electron chi connectivity index (χ2n) is 5.04. The summed E-state index contributed by atoms with van der Waals surface area (Å²) in [5.74, 6) is -1.70. The number of nitro groups is 1. The zero-order valence-electron chi connectivity index (χ0n) is 11.4. The van der Waals surface area contributed by atoms with E-state index in [4.69, 9.17) is 0 Å². The molecule has 0 bridgehead atoms. The lowest BCUT2D eigenvalue weighted by Gasteiger charge is -2.18. The second-order valence-corrected chi connectivity index (χ2v) is 5.04. The van der Waals surface area contributed by atoms with Crippen LogP contribution in [0.1, 0.15) is 25.8 Å². The van der Waals surface area contributed by atoms with Gasteiger partial charge in [-0.15, -0.1) is 0 Å². The number of benzene rings is 1. The summed E-state index contributed by atoms with van der Waals surface area (Å²) >= 11 is 0. The van der Waals surface area contributed by atoms with Gasteiger partial charge in [0.1, 0.15) is 5.82 Å². The molecule has 1 rings (SSSR count). The van der Waals surface area contributed by atoms with Crippen LogP contribution >= 0.6 is 0 Å². The van der Waals surface area contributed by atoms with Crippen molar-refractivity contribution in [2.45, 2.75) is 32.9 Å². The van der Waals surface area contributed by atoms with Crippen LogP contribution in [0, 0.1) is 27.7 Å². The molecule has 1 aromatic rings. The molecule has 0 radical (unpaired) electrons. The highest BCUT2D eigenvalue weighted by molar-refractivity contribution is 5.37. The van der Waals surface area contributed by atoms with E-state index < -0.39 is 22.2 Å². The van der Waals surface area contributed by atoms with Crippen molar-refractivity contribution >= 4 is 5.69 Å². The fraction of sp³-hybridized carbons (Fsp3) is 0.538. The summed E-state index contributed by atoms with van der Waals surface area (Å²) in [6.45, 7) is 3.83. The molecule has 0 aliphatic carbocycles. The molecule has 1 unspecified atom stereocenters. The Balaban J connectivity index is 2.81. The van der Waals surface area contributed by atoms with Crippen molar-refractivity contribution in [2.75, 3.05) is 6.61 Å². The third-order valence-corrected chi connectivity index (χ3v) is 2.87. The molecule has 0 aliphatic rings. The molecule has 0 saturated heterocycles. The zero-order valence-corrected chi connectivity index (χ0v) is 11.4. The highest BCUT2D eigenvalue weighted by atomic mass is 19.1. The average molecular weight is 288 g/mol. The number of aliphatic hydroxyl groups is 1. The van der Waals surface area contributed by atoms with Gasteiger partial charge >= 0.3 is 5.69 Å². The molecule has 0 saturated carbocycles. The number of rotatable bonds is 7. The van der Waals surface area contributed by atoms with Crippen molar-refractivity contribution in [1.29, 1.82) is 0 Å². The Kier molecular flexibility index (Phi) is 5.97. The summed E-state index contributed by atoms with van der Waals surface area (Å²) in [7, 11) is 0. The normalized spacial score (nSPS) is 12.7. The van der Waals surface area contributed by atoms with Crippen LogP contribution in [0.5, 0.6) is 0 Å². The first kappa shape index (κ1) is 16.5. The van der Waals surface area contributed by atoms with Gasteiger partial charge in [-0.05, 0) is 12.3 Å². The lowest BCUT2D eigenvalue weighted by molar-refractivity contribution is -0.387.